The first-order valence-electron chi connectivity index (χ1n) is 13.9. The molecule has 39 heavy (non-hydrogen) atoms. The smallest absolute Gasteiger partial charge is 0.247 e. The molecule has 1 aliphatic carbocycles. The third-order valence-electron chi connectivity index (χ3n) is 7.00. The van der Waals surface area contributed by atoms with Gasteiger partial charge in [-0.2, -0.15) is 4.80 Å². The van der Waals surface area contributed by atoms with E-state index in [1.807, 2.05) is 83.1 Å². The van der Waals surface area contributed by atoms with Crippen molar-refractivity contribution in [3.63, 3.8) is 0 Å². The molecule has 1 fully saturated rings. The number of hydrogen-bond donors (Lipinski definition) is 1. The summed E-state index contributed by atoms with van der Waals surface area (Å²) in [6.45, 7) is 10.2. The van der Waals surface area contributed by atoms with Crippen LogP contribution in [-0.2, 0) is 16.1 Å². The largest absolute Gasteiger partial charge is 0.494 e. The van der Waals surface area contributed by atoms with E-state index in [-0.39, 0.29) is 24.4 Å². The number of carbonyl (C=O) groups excluding carboxylic acids is 2. The number of hydrogen-bond acceptors (Lipinski definition) is 6. The van der Waals surface area contributed by atoms with E-state index >= 15 is 0 Å². The second kappa shape index (κ2) is 12.4. The summed E-state index contributed by atoms with van der Waals surface area (Å²) in [5.41, 5.74) is 2.02. The maximum atomic E-state index is 13.9. The van der Waals surface area contributed by atoms with E-state index in [2.05, 4.69) is 20.7 Å². The van der Waals surface area contributed by atoms with Gasteiger partial charge in [0.15, 0.2) is 0 Å². The SMILES string of the molecule is CCOc1ccc(C(C(=O)NC2CCCCC2)N(C(=O)Cn2nnc(-c3ccc(C)cc3)n2)C(C)(C)C)cc1. The normalized spacial score (nSPS) is 15.0. The van der Waals surface area contributed by atoms with Crippen molar-refractivity contribution in [1.29, 1.82) is 0 Å². The molecule has 3 aromatic rings. The molecule has 1 aliphatic rings. The molecule has 1 aromatic heterocycles. The first-order valence-corrected chi connectivity index (χ1v) is 13.9. The van der Waals surface area contributed by atoms with Gasteiger partial charge in [-0.05, 0) is 70.4 Å². The average Bonchev–Trinajstić information content (AvgIpc) is 3.36. The molecule has 1 N–H and O–H groups in total. The van der Waals surface area contributed by atoms with Gasteiger partial charge in [0.25, 0.3) is 0 Å². The summed E-state index contributed by atoms with van der Waals surface area (Å²) in [7, 11) is 0. The molecule has 2 amide bonds. The molecule has 0 radical (unpaired) electrons. The minimum absolute atomic E-state index is 0.113. The Labute approximate surface area is 230 Å². The number of amides is 2. The van der Waals surface area contributed by atoms with Crippen LogP contribution in [0.3, 0.4) is 0 Å². The van der Waals surface area contributed by atoms with Gasteiger partial charge in [0.05, 0.1) is 6.61 Å². The Morgan fingerprint density at radius 2 is 1.72 bits per heavy atom. The lowest BCUT2D eigenvalue weighted by Gasteiger charge is -2.41. The summed E-state index contributed by atoms with van der Waals surface area (Å²) in [4.78, 5) is 30.8. The Morgan fingerprint density at radius 3 is 2.33 bits per heavy atom. The van der Waals surface area contributed by atoms with Crippen molar-refractivity contribution in [3.8, 4) is 17.1 Å². The van der Waals surface area contributed by atoms with Crippen molar-refractivity contribution in [1.82, 2.24) is 30.4 Å². The molecule has 2 aromatic carbocycles. The van der Waals surface area contributed by atoms with Gasteiger partial charge >= 0.3 is 0 Å². The van der Waals surface area contributed by atoms with Gasteiger partial charge in [-0.3, -0.25) is 9.59 Å². The number of nitrogens with one attached hydrogen (secondary N) is 1. The second-order valence-corrected chi connectivity index (χ2v) is 11.2. The van der Waals surface area contributed by atoms with Crippen LogP contribution in [0.15, 0.2) is 48.5 Å². The predicted octanol–water partition coefficient (Wildman–Crippen LogP) is 4.86. The quantitative estimate of drug-likeness (QED) is 0.422. The molecular weight excluding hydrogens is 492 g/mol. The first-order chi connectivity index (χ1) is 18.7. The molecular formula is C30H40N6O3. The van der Waals surface area contributed by atoms with Crippen molar-refractivity contribution in [2.75, 3.05) is 6.61 Å². The van der Waals surface area contributed by atoms with Crippen molar-refractivity contribution < 1.29 is 14.3 Å². The molecule has 0 spiro atoms. The van der Waals surface area contributed by atoms with Crippen LogP contribution in [0.4, 0.5) is 0 Å². The molecule has 1 unspecified atom stereocenters. The Balaban J connectivity index is 1.63. The standard InChI is InChI=1S/C30H40N6O3/c1-6-39-25-18-16-22(17-19-25)27(29(38)31-24-10-8-7-9-11-24)36(30(3,4)5)26(37)20-35-33-28(32-34-35)23-14-12-21(2)13-15-23/h12-19,24,27H,6-11,20H2,1-5H3,(H,31,38). The van der Waals surface area contributed by atoms with Crippen molar-refractivity contribution >= 4 is 11.8 Å². The lowest BCUT2D eigenvalue weighted by atomic mass is 9.93. The third kappa shape index (κ3) is 7.22. The Morgan fingerprint density at radius 1 is 1.05 bits per heavy atom. The van der Waals surface area contributed by atoms with Crippen LogP contribution in [0.1, 0.15) is 77.0 Å². The third-order valence-corrected chi connectivity index (χ3v) is 7.00. The van der Waals surface area contributed by atoms with Gasteiger partial charge in [0, 0.05) is 17.1 Å². The topological polar surface area (TPSA) is 102 Å². The molecule has 4 rings (SSSR count). The molecule has 1 heterocycles. The highest BCUT2D eigenvalue weighted by Gasteiger charge is 2.39. The Bertz CT molecular complexity index is 1240. The van der Waals surface area contributed by atoms with E-state index in [4.69, 9.17) is 4.74 Å². The zero-order chi connectivity index (χ0) is 28.0. The fraction of sp³-hybridized carbons (Fsp3) is 0.500. The monoisotopic (exact) mass is 532 g/mol. The van der Waals surface area contributed by atoms with Crippen LogP contribution < -0.4 is 10.1 Å². The van der Waals surface area contributed by atoms with E-state index in [0.717, 1.165) is 48.1 Å². The van der Waals surface area contributed by atoms with Crippen molar-refractivity contribution in [2.24, 2.45) is 0 Å². The van der Waals surface area contributed by atoms with E-state index in [1.165, 1.54) is 11.2 Å². The van der Waals surface area contributed by atoms with Gasteiger partial charge < -0.3 is 15.0 Å². The highest BCUT2D eigenvalue weighted by atomic mass is 16.5. The van der Waals surface area contributed by atoms with E-state index in [9.17, 15) is 9.59 Å². The van der Waals surface area contributed by atoms with Gasteiger partial charge in [-0.1, -0.05) is 61.2 Å². The summed E-state index contributed by atoms with van der Waals surface area (Å²) in [6.07, 6.45) is 5.30. The lowest BCUT2D eigenvalue weighted by Crippen LogP contribution is -2.54. The summed E-state index contributed by atoms with van der Waals surface area (Å²) >= 11 is 0. The minimum atomic E-state index is -0.824. The van der Waals surface area contributed by atoms with E-state index < -0.39 is 11.6 Å². The number of tetrazole rings is 1. The molecule has 0 bridgehead atoms. The summed E-state index contributed by atoms with van der Waals surface area (Å²) < 4.78 is 5.61. The fourth-order valence-corrected chi connectivity index (χ4v) is 5.09. The van der Waals surface area contributed by atoms with Gasteiger partial charge in [0.2, 0.25) is 17.6 Å². The van der Waals surface area contributed by atoms with Crippen LogP contribution >= 0.6 is 0 Å². The molecule has 0 aliphatic heterocycles. The molecule has 208 valence electrons. The molecule has 1 atom stereocenters. The van der Waals surface area contributed by atoms with Crippen LogP contribution in [-0.4, -0.2) is 55.1 Å². The molecule has 0 saturated heterocycles. The predicted molar refractivity (Wildman–Crippen MR) is 150 cm³/mol. The maximum Gasteiger partial charge on any atom is 0.247 e. The molecule has 9 heteroatoms. The fourth-order valence-electron chi connectivity index (χ4n) is 5.09. The van der Waals surface area contributed by atoms with Crippen molar-refractivity contribution in [3.05, 3.63) is 59.7 Å². The first kappa shape index (κ1) is 28.3. The zero-order valence-electron chi connectivity index (χ0n) is 23.7. The van der Waals surface area contributed by atoms with E-state index in [1.54, 1.807) is 4.90 Å². The molecule has 1 saturated carbocycles. The Hall–Kier alpha value is -3.75. The number of aromatic nitrogens is 4. The van der Waals surface area contributed by atoms with Crippen LogP contribution in [0.2, 0.25) is 0 Å². The molecule has 9 nitrogen and oxygen atoms in total. The number of ether oxygens (including phenoxy) is 1. The second-order valence-electron chi connectivity index (χ2n) is 11.2. The van der Waals surface area contributed by atoms with Crippen LogP contribution in [0.5, 0.6) is 5.75 Å². The number of benzene rings is 2. The van der Waals surface area contributed by atoms with Gasteiger partial charge in [0.1, 0.15) is 18.3 Å². The van der Waals surface area contributed by atoms with Gasteiger partial charge in [-0.25, -0.2) is 0 Å². The van der Waals surface area contributed by atoms with Gasteiger partial charge in [-0.15, -0.1) is 10.2 Å². The highest BCUT2D eigenvalue weighted by Crippen LogP contribution is 2.31. The minimum Gasteiger partial charge on any atom is -0.494 e. The average molecular weight is 533 g/mol. The summed E-state index contributed by atoms with van der Waals surface area (Å²) in [6, 6.07) is 14.5. The van der Waals surface area contributed by atoms with Crippen molar-refractivity contribution in [2.45, 2.75) is 90.9 Å². The van der Waals surface area contributed by atoms with Crippen LogP contribution in [0.25, 0.3) is 11.4 Å². The number of aryl methyl sites for hydroxylation is 1. The number of nitrogens with zero attached hydrogens (tertiary/aromatic N) is 5. The number of rotatable bonds is 9. The summed E-state index contributed by atoms with van der Waals surface area (Å²) in [5.74, 6) is 0.717. The Kier molecular flexibility index (Phi) is 8.99. The highest BCUT2D eigenvalue weighted by molar-refractivity contribution is 5.89. The lowest BCUT2D eigenvalue weighted by molar-refractivity contribution is -0.148. The maximum absolute atomic E-state index is 13.9. The van der Waals surface area contributed by atoms with Crippen LogP contribution in [0, 0.1) is 6.92 Å². The summed E-state index contributed by atoms with van der Waals surface area (Å²) in [5, 5.41) is 16.0. The zero-order valence-corrected chi connectivity index (χ0v) is 23.7. The number of carbonyl (C=O) groups is 2. The van der Waals surface area contributed by atoms with E-state index in [0.29, 0.717) is 12.4 Å².